The van der Waals surface area contributed by atoms with Gasteiger partial charge >= 0.3 is 0 Å². The van der Waals surface area contributed by atoms with Crippen LogP contribution < -0.4 is 10.2 Å². The number of benzene rings is 2. The lowest BCUT2D eigenvalue weighted by Crippen LogP contribution is -2.54. The van der Waals surface area contributed by atoms with Crippen molar-refractivity contribution in [2.45, 2.75) is 27.2 Å². The molecule has 1 aliphatic rings. The number of nitro benzene ring substituents is 1. The zero-order valence-corrected chi connectivity index (χ0v) is 19.7. The predicted octanol–water partition coefficient (Wildman–Crippen LogP) is 4.40. The Balaban J connectivity index is 1.74. The third kappa shape index (κ3) is 4.13. The Hall–Kier alpha value is -4.11. The lowest BCUT2D eigenvalue weighted by molar-refractivity contribution is -0.384. The van der Waals surface area contributed by atoms with E-state index in [-0.39, 0.29) is 16.4 Å². The molecule has 0 bridgehead atoms. The first-order valence-electron chi connectivity index (χ1n) is 10.7. The number of nitrogens with one attached hydrogen (secondary N) is 1. The fourth-order valence-electron chi connectivity index (χ4n) is 4.00. The van der Waals surface area contributed by atoms with Gasteiger partial charge in [-0.05, 0) is 74.0 Å². The van der Waals surface area contributed by atoms with Gasteiger partial charge in [-0.2, -0.15) is 0 Å². The SMILES string of the molecule is CCc1ccc(N2C(=O)/C(=C/c3cc(C)n(-c4cccc([N+](=O)[O-])c4)c3C)C(=O)NC2=S)cc1. The van der Waals surface area contributed by atoms with Crippen molar-refractivity contribution < 1.29 is 14.5 Å². The summed E-state index contributed by atoms with van der Waals surface area (Å²) in [5.74, 6) is -1.09. The predicted molar refractivity (Wildman–Crippen MR) is 134 cm³/mol. The van der Waals surface area contributed by atoms with Crippen molar-refractivity contribution in [2.24, 2.45) is 0 Å². The van der Waals surface area contributed by atoms with E-state index in [1.165, 1.54) is 23.1 Å². The molecule has 2 aromatic carbocycles. The van der Waals surface area contributed by atoms with Crippen LogP contribution in [-0.4, -0.2) is 26.4 Å². The summed E-state index contributed by atoms with van der Waals surface area (Å²) in [6.07, 6.45) is 2.39. The summed E-state index contributed by atoms with van der Waals surface area (Å²) < 4.78 is 1.84. The van der Waals surface area contributed by atoms with Gasteiger partial charge in [0.1, 0.15) is 5.57 Å². The van der Waals surface area contributed by atoms with Gasteiger partial charge in [0.05, 0.1) is 16.3 Å². The molecule has 34 heavy (non-hydrogen) atoms. The fraction of sp³-hybridized carbons (Fsp3) is 0.160. The molecule has 0 radical (unpaired) electrons. The first-order chi connectivity index (χ1) is 16.2. The molecular formula is C25H22N4O4S. The quantitative estimate of drug-likeness (QED) is 0.194. The number of non-ortho nitro benzene ring substituents is 1. The molecule has 8 nitrogen and oxygen atoms in total. The van der Waals surface area contributed by atoms with E-state index in [4.69, 9.17) is 12.2 Å². The van der Waals surface area contributed by atoms with Gasteiger partial charge in [-0.25, -0.2) is 0 Å². The van der Waals surface area contributed by atoms with Crippen molar-refractivity contribution in [3.05, 3.63) is 92.8 Å². The van der Waals surface area contributed by atoms with E-state index < -0.39 is 16.7 Å². The number of aryl methyl sites for hydroxylation is 2. The van der Waals surface area contributed by atoms with E-state index in [2.05, 4.69) is 5.32 Å². The van der Waals surface area contributed by atoms with Crippen molar-refractivity contribution in [1.82, 2.24) is 9.88 Å². The maximum atomic E-state index is 13.3. The van der Waals surface area contributed by atoms with Crippen LogP contribution in [0.2, 0.25) is 0 Å². The highest BCUT2D eigenvalue weighted by Crippen LogP contribution is 2.27. The van der Waals surface area contributed by atoms with Crippen molar-refractivity contribution in [3.63, 3.8) is 0 Å². The number of aromatic nitrogens is 1. The van der Waals surface area contributed by atoms with Gasteiger partial charge in [0.2, 0.25) is 0 Å². The second kappa shape index (κ2) is 9.03. The average Bonchev–Trinajstić information content (AvgIpc) is 3.09. The van der Waals surface area contributed by atoms with Gasteiger partial charge in [-0.3, -0.25) is 29.9 Å². The highest BCUT2D eigenvalue weighted by Gasteiger charge is 2.34. The van der Waals surface area contributed by atoms with Gasteiger partial charge in [-0.1, -0.05) is 25.1 Å². The maximum Gasteiger partial charge on any atom is 0.271 e. The number of hydrogen-bond acceptors (Lipinski definition) is 5. The molecule has 4 rings (SSSR count). The standard InChI is InChI=1S/C25H22N4O4S/c1-4-17-8-10-19(11-9-17)28-24(31)22(23(30)26-25(28)34)13-18-12-15(2)27(16(18)3)20-6-5-7-21(14-20)29(32)33/h5-14H,4H2,1-3H3,(H,26,30,34)/b22-13+. The minimum atomic E-state index is -0.573. The Kier molecular flexibility index (Phi) is 6.12. The Morgan fingerprint density at radius 2 is 1.76 bits per heavy atom. The van der Waals surface area contributed by atoms with Gasteiger partial charge in [0.15, 0.2) is 5.11 Å². The number of carbonyl (C=O) groups is 2. The summed E-state index contributed by atoms with van der Waals surface area (Å²) in [5, 5.41) is 13.8. The van der Waals surface area contributed by atoms with Crippen LogP contribution in [0.4, 0.5) is 11.4 Å². The molecule has 1 fully saturated rings. The normalized spacial score (nSPS) is 15.1. The molecule has 1 aliphatic heterocycles. The topological polar surface area (TPSA) is 97.5 Å². The van der Waals surface area contributed by atoms with Gasteiger partial charge in [0.25, 0.3) is 17.5 Å². The van der Waals surface area contributed by atoms with Crippen LogP contribution in [0.5, 0.6) is 0 Å². The number of nitrogens with zero attached hydrogens (tertiary/aromatic N) is 3. The number of rotatable bonds is 5. The van der Waals surface area contributed by atoms with Crippen molar-refractivity contribution >= 4 is 46.6 Å². The zero-order valence-electron chi connectivity index (χ0n) is 18.9. The number of hydrogen-bond donors (Lipinski definition) is 1. The monoisotopic (exact) mass is 474 g/mol. The molecule has 172 valence electrons. The fourth-order valence-corrected chi connectivity index (χ4v) is 4.29. The lowest BCUT2D eigenvalue weighted by atomic mass is 10.1. The first kappa shape index (κ1) is 23.1. The molecule has 1 N–H and O–H groups in total. The zero-order chi connectivity index (χ0) is 24.6. The molecule has 0 aliphatic carbocycles. The summed E-state index contributed by atoms with van der Waals surface area (Å²) in [6.45, 7) is 5.72. The smallest absolute Gasteiger partial charge is 0.271 e. The molecule has 2 amide bonds. The third-order valence-corrected chi connectivity index (χ3v) is 6.06. The molecule has 1 aromatic heterocycles. The van der Waals surface area contributed by atoms with E-state index >= 15 is 0 Å². The molecule has 0 spiro atoms. The van der Waals surface area contributed by atoms with Crippen LogP contribution in [0.3, 0.4) is 0 Å². The summed E-state index contributed by atoms with van der Waals surface area (Å²) >= 11 is 5.28. The number of carbonyl (C=O) groups excluding carboxylic acids is 2. The molecule has 1 saturated heterocycles. The number of anilines is 1. The van der Waals surface area contributed by atoms with E-state index in [0.717, 1.165) is 23.4 Å². The Bertz CT molecular complexity index is 1370. The van der Waals surface area contributed by atoms with Crippen LogP contribution in [0.25, 0.3) is 11.8 Å². The molecule has 0 unspecified atom stereocenters. The number of nitro groups is 1. The second-order valence-electron chi connectivity index (χ2n) is 7.92. The largest absolute Gasteiger partial charge is 0.318 e. The molecule has 3 aromatic rings. The van der Waals surface area contributed by atoms with Crippen LogP contribution in [-0.2, 0) is 16.0 Å². The molecule has 0 atom stereocenters. The molecule has 2 heterocycles. The molecule has 0 saturated carbocycles. The Labute approximate surface area is 201 Å². The van der Waals surface area contributed by atoms with E-state index in [1.807, 2.05) is 43.5 Å². The average molecular weight is 475 g/mol. The maximum absolute atomic E-state index is 13.3. The van der Waals surface area contributed by atoms with Gasteiger partial charge in [-0.15, -0.1) is 0 Å². The lowest BCUT2D eigenvalue weighted by Gasteiger charge is -2.29. The van der Waals surface area contributed by atoms with Gasteiger partial charge < -0.3 is 4.57 Å². The summed E-state index contributed by atoms with van der Waals surface area (Å²) in [5.41, 5.74) is 4.42. The van der Waals surface area contributed by atoms with Crippen LogP contribution in [0, 0.1) is 24.0 Å². The highest BCUT2D eigenvalue weighted by molar-refractivity contribution is 7.80. The Morgan fingerprint density at radius 3 is 2.41 bits per heavy atom. The van der Waals surface area contributed by atoms with Crippen molar-refractivity contribution in [2.75, 3.05) is 4.90 Å². The second-order valence-corrected chi connectivity index (χ2v) is 8.30. The van der Waals surface area contributed by atoms with Gasteiger partial charge in [0, 0.05) is 23.5 Å². The van der Waals surface area contributed by atoms with E-state index in [9.17, 15) is 19.7 Å². The Morgan fingerprint density at radius 1 is 1.06 bits per heavy atom. The minimum Gasteiger partial charge on any atom is -0.318 e. The van der Waals surface area contributed by atoms with Crippen LogP contribution in [0.1, 0.15) is 29.4 Å². The first-order valence-corrected chi connectivity index (χ1v) is 11.1. The summed E-state index contributed by atoms with van der Waals surface area (Å²) in [4.78, 5) is 38.1. The highest BCUT2D eigenvalue weighted by atomic mass is 32.1. The molecule has 9 heteroatoms. The van der Waals surface area contributed by atoms with E-state index in [1.54, 1.807) is 24.3 Å². The third-order valence-electron chi connectivity index (χ3n) is 5.77. The number of thiocarbonyl (C=S) groups is 1. The van der Waals surface area contributed by atoms with Crippen LogP contribution >= 0.6 is 12.2 Å². The molecular weight excluding hydrogens is 452 g/mol. The minimum absolute atomic E-state index is 0.0232. The number of amides is 2. The van der Waals surface area contributed by atoms with E-state index in [0.29, 0.717) is 16.9 Å². The van der Waals surface area contributed by atoms with Crippen LogP contribution in [0.15, 0.2) is 60.2 Å². The summed E-state index contributed by atoms with van der Waals surface area (Å²) in [7, 11) is 0. The van der Waals surface area contributed by atoms with Crippen molar-refractivity contribution in [3.8, 4) is 5.69 Å². The summed E-state index contributed by atoms with van der Waals surface area (Å²) in [6, 6.07) is 15.5. The van der Waals surface area contributed by atoms with Crippen molar-refractivity contribution in [1.29, 1.82) is 0 Å².